The third kappa shape index (κ3) is 0.979. The maximum atomic E-state index is 12.1. The maximum absolute atomic E-state index is 12.1. The van der Waals surface area contributed by atoms with Gasteiger partial charge in [-0.15, -0.1) is 0 Å². The van der Waals surface area contributed by atoms with Crippen molar-refractivity contribution in [3.8, 4) is 0 Å². The molecule has 0 saturated heterocycles. The van der Waals surface area contributed by atoms with Crippen LogP contribution in [0, 0.1) is 0 Å². The van der Waals surface area contributed by atoms with E-state index >= 15 is 0 Å². The van der Waals surface area contributed by atoms with Crippen molar-refractivity contribution >= 4 is 15.8 Å². The van der Waals surface area contributed by atoms with Crippen LogP contribution in [0.25, 0.3) is 0 Å². The zero-order valence-corrected chi connectivity index (χ0v) is 8.94. The maximum Gasteiger partial charge on any atom is 0.269 e. The van der Waals surface area contributed by atoms with Crippen molar-refractivity contribution in [2.45, 2.75) is 4.90 Å². The summed E-state index contributed by atoms with van der Waals surface area (Å²) in [5, 5.41) is 0. The number of hydrogen-bond donors (Lipinski definition) is 0. The molecule has 0 fully saturated rings. The van der Waals surface area contributed by atoms with E-state index in [1.165, 1.54) is 24.4 Å². The number of aromatic nitrogens is 1. The number of rotatable bonds is 0. The number of fused-ring (bicyclic) bond motifs is 2. The van der Waals surface area contributed by atoms with Crippen LogP contribution in [-0.2, 0) is 10.0 Å². The molecule has 1 aromatic heterocycles. The molecule has 0 unspecified atom stereocenters. The SMILES string of the molecule is O=C1c2ccccc2S(=O)(=O)n2cccc21. The van der Waals surface area contributed by atoms with Gasteiger partial charge in [-0.1, -0.05) is 12.1 Å². The molecule has 4 nitrogen and oxygen atoms in total. The highest BCUT2D eigenvalue weighted by molar-refractivity contribution is 7.90. The second-order valence-electron chi connectivity index (χ2n) is 3.52. The van der Waals surface area contributed by atoms with E-state index in [0.717, 1.165) is 3.97 Å². The zero-order chi connectivity index (χ0) is 11.3. The Labute approximate surface area is 92.2 Å². The average molecular weight is 233 g/mol. The average Bonchev–Trinajstić information content (AvgIpc) is 2.76. The van der Waals surface area contributed by atoms with E-state index in [4.69, 9.17) is 0 Å². The molecule has 0 radical (unpaired) electrons. The van der Waals surface area contributed by atoms with Gasteiger partial charge in [0.05, 0.1) is 4.90 Å². The van der Waals surface area contributed by atoms with Crippen molar-refractivity contribution in [1.82, 2.24) is 3.97 Å². The summed E-state index contributed by atoms with van der Waals surface area (Å²) in [6.45, 7) is 0. The van der Waals surface area contributed by atoms with Crippen LogP contribution in [-0.4, -0.2) is 18.2 Å². The summed E-state index contributed by atoms with van der Waals surface area (Å²) in [6, 6.07) is 9.31. The number of carbonyl (C=O) groups excluding carboxylic acids is 1. The Kier molecular flexibility index (Phi) is 1.65. The van der Waals surface area contributed by atoms with Gasteiger partial charge in [-0.05, 0) is 24.3 Å². The highest BCUT2D eigenvalue weighted by Crippen LogP contribution is 2.28. The van der Waals surface area contributed by atoms with Gasteiger partial charge in [0.25, 0.3) is 10.0 Å². The number of nitrogens with zero attached hydrogens (tertiary/aromatic N) is 1. The molecule has 0 bridgehead atoms. The first kappa shape index (κ1) is 9.35. The van der Waals surface area contributed by atoms with Crippen LogP contribution >= 0.6 is 0 Å². The quantitative estimate of drug-likeness (QED) is 0.587. The second kappa shape index (κ2) is 2.82. The number of carbonyl (C=O) groups is 1. The standard InChI is InChI=1S/C11H7NO3S/c13-11-8-4-1-2-6-10(8)16(14,15)12-7-3-5-9(11)12/h1-7H. The van der Waals surface area contributed by atoms with Gasteiger partial charge < -0.3 is 0 Å². The number of benzene rings is 1. The van der Waals surface area contributed by atoms with Gasteiger partial charge in [0.2, 0.25) is 5.78 Å². The molecule has 0 spiro atoms. The Balaban J connectivity index is 2.48. The Morgan fingerprint density at radius 1 is 1.00 bits per heavy atom. The molecule has 0 saturated carbocycles. The van der Waals surface area contributed by atoms with Gasteiger partial charge in [0, 0.05) is 11.8 Å². The van der Waals surface area contributed by atoms with Crippen LogP contribution in [0.3, 0.4) is 0 Å². The molecule has 80 valence electrons. The molecule has 2 aromatic rings. The normalized spacial score (nSPS) is 16.6. The third-order valence-corrected chi connectivity index (χ3v) is 4.36. The minimum atomic E-state index is -3.60. The molecule has 2 heterocycles. The summed E-state index contributed by atoms with van der Waals surface area (Å²) in [7, 11) is -3.60. The molecule has 0 amide bonds. The Morgan fingerprint density at radius 2 is 1.75 bits per heavy atom. The molecular formula is C11H7NO3S. The Bertz CT molecular complexity index is 698. The zero-order valence-electron chi connectivity index (χ0n) is 8.12. The van der Waals surface area contributed by atoms with Crippen molar-refractivity contribution in [2.24, 2.45) is 0 Å². The molecular weight excluding hydrogens is 226 g/mol. The molecule has 0 atom stereocenters. The van der Waals surface area contributed by atoms with E-state index in [9.17, 15) is 13.2 Å². The lowest BCUT2D eigenvalue weighted by molar-refractivity contribution is 0.102. The summed E-state index contributed by atoms with van der Waals surface area (Å²) >= 11 is 0. The van der Waals surface area contributed by atoms with Crippen LogP contribution in [0.5, 0.6) is 0 Å². The van der Waals surface area contributed by atoms with Gasteiger partial charge in [-0.25, -0.2) is 12.4 Å². The highest BCUT2D eigenvalue weighted by Gasteiger charge is 2.32. The lowest BCUT2D eigenvalue weighted by atomic mass is 10.1. The smallest absolute Gasteiger partial charge is 0.269 e. The van der Waals surface area contributed by atoms with Crippen LogP contribution < -0.4 is 0 Å². The minimum absolute atomic E-state index is 0.0729. The number of ketones is 1. The summed E-state index contributed by atoms with van der Waals surface area (Å²) in [4.78, 5) is 12.0. The van der Waals surface area contributed by atoms with Crippen LogP contribution in [0.2, 0.25) is 0 Å². The second-order valence-corrected chi connectivity index (χ2v) is 5.30. The molecule has 0 N–H and O–H groups in total. The van der Waals surface area contributed by atoms with Gasteiger partial charge in [-0.3, -0.25) is 4.79 Å². The molecule has 5 heteroatoms. The number of hydrogen-bond acceptors (Lipinski definition) is 3. The Hall–Kier alpha value is -1.88. The summed E-state index contributed by atoms with van der Waals surface area (Å²) in [5.74, 6) is -0.254. The molecule has 16 heavy (non-hydrogen) atoms. The highest BCUT2D eigenvalue weighted by atomic mass is 32.2. The molecule has 1 aromatic carbocycles. The van der Waals surface area contributed by atoms with Crippen LogP contribution in [0.4, 0.5) is 0 Å². The van der Waals surface area contributed by atoms with Crippen molar-refractivity contribution in [1.29, 1.82) is 0 Å². The minimum Gasteiger partial charge on any atom is -0.287 e. The lowest BCUT2D eigenvalue weighted by Gasteiger charge is -2.17. The van der Waals surface area contributed by atoms with Gasteiger partial charge in [0.1, 0.15) is 5.69 Å². The molecule has 1 aliphatic rings. The first-order chi connectivity index (χ1) is 7.62. The topological polar surface area (TPSA) is 56.1 Å². The van der Waals surface area contributed by atoms with E-state index in [1.54, 1.807) is 18.2 Å². The third-order valence-electron chi connectivity index (χ3n) is 2.61. The van der Waals surface area contributed by atoms with Crippen molar-refractivity contribution in [3.63, 3.8) is 0 Å². The van der Waals surface area contributed by atoms with Gasteiger partial charge in [-0.2, -0.15) is 0 Å². The van der Waals surface area contributed by atoms with E-state index in [0.29, 0.717) is 0 Å². The first-order valence-corrected chi connectivity index (χ1v) is 6.13. The van der Waals surface area contributed by atoms with Crippen LogP contribution in [0.15, 0.2) is 47.5 Å². The molecule has 0 aliphatic carbocycles. The summed E-state index contributed by atoms with van der Waals surface area (Å²) < 4.78 is 25.3. The van der Waals surface area contributed by atoms with Gasteiger partial charge >= 0.3 is 0 Å². The van der Waals surface area contributed by atoms with Crippen molar-refractivity contribution in [2.75, 3.05) is 0 Å². The predicted molar refractivity (Wildman–Crippen MR) is 56.9 cm³/mol. The largest absolute Gasteiger partial charge is 0.287 e. The first-order valence-electron chi connectivity index (χ1n) is 4.69. The van der Waals surface area contributed by atoms with Gasteiger partial charge in [0.15, 0.2) is 0 Å². The lowest BCUT2D eigenvalue weighted by Crippen LogP contribution is -2.25. The van der Waals surface area contributed by atoms with Crippen LogP contribution in [0.1, 0.15) is 16.1 Å². The summed E-state index contributed by atoms with van der Waals surface area (Å²) in [5.41, 5.74) is 0.437. The monoisotopic (exact) mass is 233 g/mol. The predicted octanol–water partition coefficient (Wildman–Crippen LogP) is 1.27. The molecule has 3 rings (SSSR count). The fourth-order valence-corrected chi connectivity index (χ4v) is 3.41. The Morgan fingerprint density at radius 3 is 2.56 bits per heavy atom. The van der Waals surface area contributed by atoms with E-state index < -0.39 is 10.0 Å². The van der Waals surface area contributed by atoms with E-state index in [1.807, 2.05) is 0 Å². The molecule has 1 aliphatic heterocycles. The van der Waals surface area contributed by atoms with Crippen molar-refractivity contribution in [3.05, 3.63) is 53.9 Å². The fourth-order valence-electron chi connectivity index (χ4n) is 1.87. The van der Waals surface area contributed by atoms with E-state index in [-0.39, 0.29) is 21.9 Å². The fraction of sp³-hybridized carbons (Fsp3) is 0. The van der Waals surface area contributed by atoms with E-state index in [2.05, 4.69) is 0 Å². The summed E-state index contributed by atoms with van der Waals surface area (Å²) in [6.07, 6.45) is 1.39. The van der Waals surface area contributed by atoms with Crippen molar-refractivity contribution < 1.29 is 13.2 Å².